The molecule has 2 aromatic rings. The molecule has 0 radical (unpaired) electrons. The van der Waals surface area contributed by atoms with Crippen LogP contribution in [-0.4, -0.2) is 18.4 Å². The normalized spacial score (nSPS) is 13.4. The highest BCUT2D eigenvalue weighted by Gasteiger charge is 2.25. The number of halogens is 1. The Morgan fingerprint density at radius 3 is 2.74 bits per heavy atom. The minimum atomic E-state index is -0.622. The maximum atomic E-state index is 14.4. The highest BCUT2D eigenvalue weighted by molar-refractivity contribution is 6.07. The van der Waals surface area contributed by atoms with Gasteiger partial charge in [-0.1, -0.05) is 19.9 Å². The number of hydrogen-bond donors (Lipinski definition) is 2. The zero-order valence-corrected chi connectivity index (χ0v) is 15.6. The number of amides is 2. The third-order valence-corrected chi connectivity index (χ3v) is 4.62. The molecular formula is C21H24FN3O2. The molecule has 1 aliphatic rings. The fraction of sp³-hybridized carbons (Fsp3) is 0.333. The monoisotopic (exact) mass is 369 g/mol. The number of nitrogens with one attached hydrogen (secondary N) is 1. The van der Waals surface area contributed by atoms with Crippen LogP contribution in [0.15, 0.2) is 36.4 Å². The first-order valence-corrected chi connectivity index (χ1v) is 9.15. The number of rotatable bonds is 4. The lowest BCUT2D eigenvalue weighted by molar-refractivity contribution is -0.116. The minimum Gasteiger partial charge on any atom is -0.398 e. The number of nitrogens with two attached hydrogens (primary N) is 1. The van der Waals surface area contributed by atoms with E-state index in [1.807, 2.05) is 32.0 Å². The molecule has 0 aliphatic carbocycles. The van der Waals surface area contributed by atoms with Gasteiger partial charge in [0.25, 0.3) is 5.91 Å². The van der Waals surface area contributed by atoms with Crippen LogP contribution in [0.1, 0.15) is 42.6 Å². The van der Waals surface area contributed by atoms with Gasteiger partial charge in [-0.05, 0) is 54.7 Å². The fourth-order valence-electron chi connectivity index (χ4n) is 3.34. The average molecular weight is 369 g/mol. The molecule has 5 nitrogen and oxygen atoms in total. The summed E-state index contributed by atoms with van der Waals surface area (Å²) >= 11 is 0. The summed E-state index contributed by atoms with van der Waals surface area (Å²) in [6, 6.07) is 9.64. The second-order valence-electron chi connectivity index (χ2n) is 7.25. The second kappa shape index (κ2) is 7.78. The molecule has 2 amide bonds. The fourth-order valence-corrected chi connectivity index (χ4v) is 3.34. The summed E-state index contributed by atoms with van der Waals surface area (Å²) < 4.78 is 14.4. The minimum absolute atomic E-state index is 0.0838. The molecule has 0 aromatic heterocycles. The SMILES string of the molecule is CC(C)CC(=O)Nc1ccc(C(=O)N2CCCc3c(N)cccc32)cc1F. The summed E-state index contributed by atoms with van der Waals surface area (Å²) in [5.74, 6) is -0.966. The molecule has 0 bridgehead atoms. The van der Waals surface area contributed by atoms with E-state index in [2.05, 4.69) is 5.32 Å². The Morgan fingerprint density at radius 1 is 1.26 bits per heavy atom. The number of carbonyl (C=O) groups excluding carboxylic acids is 2. The van der Waals surface area contributed by atoms with Crippen molar-refractivity contribution in [1.82, 2.24) is 0 Å². The van der Waals surface area contributed by atoms with Crippen molar-refractivity contribution >= 4 is 28.9 Å². The summed E-state index contributed by atoms with van der Waals surface area (Å²) in [5.41, 5.74) is 8.75. The van der Waals surface area contributed by atoms with Crippen molar-refractivity contribution in [3.63, 3.8) is 0 Å². The Morgan fingerprint density at radius 2 is 2.04 bits per heavy atom. The maximum absolute atomic E-state index is 14.4. The Bertz CT molecular complexity index is 880. The average Bonchev–Trinajstić information content (AvgIpc) is 2.62. The van der Waals surface area contributed by atoms with E-state index in [0.29, 0.717) is 18.7 Å². The van der Waals surface area contributed by atoms with Gasteiger partial charge in [-0.2, -0.15) is 0 Å². The van der Waals surface area contributed by atoms with Crippen LogP contribution in [0.2, 0.25) is 0 Å². The first-order valence-electron chi connectivity index (χ1n) is 9.15. The molecule has 1 heterocycles. The molecular weight excluding hydrogens is 345 g/mol. The second-order valence-corrected chi connectivity index (χ2v) is 7.25. The molecule has 3 rings (SSSR count). The van der Waals surface area contributed by atoms with Crippen LogP contribution in [0.4, 0.5) is 21.5 Å². The third-order valence-electron chi connectivity index (χ3n) is 4.62. The van der Waals surface area contributed by atoms with Gasteiger partial charge in [-0.3, -0.25) is 9.59 Å². The quantitative estimate of drug-likeness (QED) is 0.800. The van der Waals surface area contributed by atoms with Crippen LogP contribution in [0.3, 0.4) is 0 Å². The van der Waals surface area contributed by atoms with E-state index in [0.717, 1.165) is 24.1 Å². The smallest absolute Gasteiger partial charge is 0.258 e. The molecule has 0 unspecified atom stereocenters. The van der Waals surface area contributed by atoms with Gasteiger partial charge >= 0.3 is 0 Å². The molecule has 0 saturated heterocycles. The van der Waals surface area contributed by atoms with Gasteiger partial charge in [0.2, 0.25) is 5.91 Å². The van der Waals surface area contributed by atoms with Crippen LogP contribution in [0.5, 0.6) is 0 Å². The van der Waals surface area contributed by atoms with E-state index in [1.54, 1.807) is 4.90 Å². The van der Waals surface area contributed by atoms with Gasteiger partial charge < -0.3 is 16.0 Å². The predicted octanol–water partition coefficient (Wildman–Crippen LogP) is 3.99. The first kappa shape index (κ1) is 18.9. The van der Waals surface area contributed by atoms with E-state index in [4.69, 9.17) is 5.73 Å². The van der Waals surface area contributed by atoms with Crippen LogP contribution in [0, 0.1) is 11.7 Å². The maximum Gasteiger partial charge on any atom is 0.258 e. The number of benzene rings is 2. The molecule has 0 atom stereocenters. The predicted molar refractivity (Wildman–Crippen MR) is 105 cm³/mol. The van der Waals surface area contributed by atoms with Crippen molar-refractivity contribution in [2.45, 2.75) is 33.1 Å². The molecule has 0 saturated carbocycles. The van der Waals surface area contributed by atoms with Crippen LogP contribution in [0.25, 0.3) is 0 Å². The summed E-state index contributed by atoms with van der Waals surface area (Å²) in [6.07, 6.45) is 1.94. The van der Waals surface area contributed by atoms with Crippen molar-refractivity contribution < 1.29 is 14.0 Å². The number of fused-ring (bicyclic) bond motifs is 1. The van der Waals surface area contributed by atoms with Crippen molar-refractivity contribution in [1.29, 1.82) is 0 Å². The van der Waals surface area contributed by atoms with E-state index < -0.39 is 5.82 Å². The highest BCUT2D eigenvalue weighted by atomic mass is 19.1. The van der Waals surface area contributed by atoms with Gasteiger partial charge in [0, 0.05) is 29.9 Å². The molecule has 1 aliphatic heterocycles. The zero-order valence-electron chi connectivity index (χ0n) is 15.6. The molecule has 2 aromatic carbocycles. The topological polar surface area (TPSA) is 75.4 Å². The van der Waals surface area contributed by atoms with E-state index in [-0.39, 0.29) is 29.0 Å². The van der Waals surface area contributed by atoms with Crippen molar-refractivity contribution in [2.75, 3.05) is 22.5 Å². The molecule has 27 heavy (non-hydrogen) atoms. The van der Waals surface area contributed by atoms with Crippen molar-refractivity contribution in [2.24, 2.45) is 5.92 Å². The number of nitrogens with zero attached hydrogens (tertiary/aromatic N) is 1. The van der Waals surface area contributed by atoms with Gasteiger partial charge in [0.05, 0.1) is 5.69 Å². The van der Waals surface area contributed by atoms with Crippen LogP contribution in [-0.2, 0) is 11.2 Å². The molecule has 6 heteroatoms. The largest absolute Gasteiger partial charge is 0.398 e. The van der Waals surface area contributed by atoms with Gasteiger partial charge in [-0.15, -0.1) is 0 Å². The highest BCUT2D eigenvalue weighted by Crippen LogP contribution is 2.32. The number of nitrogen functional groups attached to an aromatic ring is 1. The standard InChI is InChI=1S/C21H24FN3O2/c1-13(2)11-20(26)24-18-9-8-14(12-16(18)22)21(27)25-10-4-5-15-17(23)6-3-7-19(15)25/h3,6-9,12-13H,4-5,10-11,23H2,1-2H3,(H,24,26). The van der Waals surface area contributed by atoms with Crippen molar-refractivity contribution in [3.05, 3.63) is 53.3 Å². The lowest BCUT2D eigenvalue weighted by Crippen LogP contribution is -2.35. The molecule has 0 fully saturated rings. The molecule has 3 N–H and O–H groups in total. The van der Waals surface area contributed by atoms with Crippen LogP contribution >= 0.6 is 0 Å². The lowest BCUT2D eigenvalue weighted by Gasteiger charge is -2.30. The van der Waals surface area contributed by atoms with E-state index in [1.165, 1.54) is 18.2 Å². The summed E-state index contributed by atoms with van der Waals surface area (Å²) in [4.78, 5) is 26.4. The summed E-state index contributed by atoms with van der Waals surface area (Å²) in [6.45, 7) is 4.39. The van der Waals surface area contributed by atoms with Crippen molar-refractivity contribution in [3.8, 4) is 0 Å². The summed E-state index contributed by atoms with van der Waals surface area (Å²) in [7, 11) is 0. The Labute approximate surface area is 158 Å². The van der Waals surface area contributed by atoms with E-state index in [9.17, 15) is 14.0 Å². The Hall–Kier alpha value is -2.89. The number of hydrogen-bond acceptors (Lipinski definition) is 3. The first-order chi connectivity index (χ1) is 12.9. The zero-order chi connectivity index (χ0) is 19.6. The Balaban J connectivity index is 1.82. The lowest BCUT2D eigenvalue weighted by atomic mass is 9.99. The van der Waals surface area contributed by atoms with Gasteiger partial charge in [0.15, 0.2) is 0 Å². The number of carbonyl (C=O) groups is 2. The summed E-state index contributed by atoms with van der Waals surface area (Å²) in [5, 5.41) is 2.55. The van der Waals surface area contributed by atoms with Crippen LogP contribution < -0.4 is 16.0 Å². The Kier molecular flexibility index (Phi) is 5.44. The van der Waals surface area contributed by atoms with Gasteiger partial charge in [0.1, 0.15) is 5.82 Å². The molecule has 142 valence electrons. The molecule has 0 spiro atoms. The van der Waals surface area contributed by atoms with E-state index >= 15 is 0 Å². The van der Waals surface area contributed by atoms with Gasteiger partial charge in [-0.25, -0.2) is 4.39 Å². The number of anilines is 3. The third kappa shape index (κ3) is 4.10.